The van der Waals surface area contributed by atoms with Gasteiger partial charge in [0.15, 0.2) is 0 Å². The fraction of sp³-hybridized carbons (Fsp3) is 1.00. The van der Waals surface area contributed by atoms with Gasteiger partial charge in [-0.05, 0) is 40.7 Å². The van der Waals surface area contributed by atoms with Crippen LogP contribution in [0.5, 0.6) is 0 Å². The van der Waals surface area contributed by atoms with E-state index < -0.39 is 12.6 Å². The van der Waals surface area contributed by atoms with E-state index in [-0.39, 0.29) is 18.1 Å². The maximum absolute atomic E-state index is 11.9. The number of alkyl halides is 3. The molecule has 1 N–H and O–H groups in total. The van der Waals surface area contributed by atoms with Gasteiger partial charge in [0.1, 0.15) is 0 Å². The molecule has 1 unspecified atom stereocenters. The van der Waals surface area contributed by atoms with Crippen LogP contribution in [0.2, 0.25) is 0 Å². The van der Waals surface area contributed by atoms with Crippen molar-refractivity contribution in [2.75, 3.05) is 13.7 Å². The lowest BCUT2D eigenvalue weighted by Crippen LogP contribution is -2.34. The molecule has 0 saturated heterocycles. The second-order valence-electron chi connectivity index (χ2n) is 4.92. The number of ether oxygens (including phenoxy) is 1. The molecule has 0 saturated carbocycles. The molecule has 0 aromatic heterocycles. The highest BCUT2D eigenvalue weighted by molar-refractivity contribution is 4.68. The van der Waals surface area contributed by atoms with E-state index in [1.54, 1.807) is 7.05 Å². The summed E-state index contributed by atoms with van der Waals surface area (Å²) in [6, 6.07) is -0.0124. The molecule has 0 bridgehead atoms. The highest BCUT2D eigenvalue weighted by Gasteiger charge is 2.26. The van der Waals surface area contributed by atoms with Crippen molar-refractivity contribution in [1.29, 1.82) is 0 Å². The van der Waals surface area contributed by atoms with Gasteiger partial charge in [-0.25, -0.2) is 0 Å². The van der Waals surface area contributed by atoms with E-state index in [0.29, 0.717) is 13.0 Å². The molecule has 5 heteroatoms. The van der Waals surface area contributed by atoms with Crippen molar-refractivity contribution in [3.8, 4) is 0 Å². The van der Waals surface area contributed by atoms with Gasteiger partial charge in [-0.1, -0.05) is 0 Å². The van der Waals surface area contributed by atoms with Gasteiger partial charge in [0.2, 0.25) is 0 Å². The number of hydrogen-bond acceptors (Lipinski definition) is 2. The Labute approximate surface area is 95.5 Å². The minimum absolute atomic E-state index is 0.0124. The molecular weight excluding hydrogens is 219 g/mol. The molecule has 0 fully saturated rings. The highest BCUT2D eigenvalue weighted by Crippen LogP contribution is 2.22. The summed E-state index contributed by atoms with van der Waals surface area (Å²) in [5, 5.41) is 2.97. The summed E-state index contributed by atoms with van der Waals surface area (Å²) < 4.78 is 41.3. The van der Waals surface area contributed by atoms with Crippen LogP contribution in [-0.4, -0.2) is 31.5 Å². The zero-order valence-electron chi connectivity index (χ0n) is 10.4. The van der Waals surface area contributed by atoms with Crippen molar-refractivity contribution in [3.05, 3.63) is 0 Å². The summed E-state index contributed by atoms with van der Waals surface area (Å²) in [5.41, 5.74) is -0.251. The summed E-state index contributed by atoms with van der Waals surface area (Å²) in [6.45, 7) is 6.22. The highest BCUT2D eigenvalue weighted by atomic mass is 19.4. The minimum Gasteiger partial charge on any atom is -0.374 e. The van der Waals surface area contributed by atoms with Crippen molar-refractivity contribution in [1.82, 2.24) is 5.32 Å². The van der Waals surface area contributed by atoms with E-state index >= 15 is 0 Å². The van der Waals surface area contributed by atoms with Crippen LogP contribution in [0, 0.1) is 0 Å². The summed E-state index contributed by atoms with van der Waals surface area (Å²) >= 11 is 0. The van der Waals surface area contributed by atoms with Gasteiger partial charge in [-0.3, -0.25) is 0 Å². The lowest BCUT2D eigenvalue weighted by atomic mass is 10.1. The van der Waals surface area contributed by atoms with Gasteiger partial charge in [0.05, 0.1) is 12.2 Å². The van der Waals surface area contributed by atoms with Crippen LogP contribution in [0.25, 0.3) is 0 Å². The van der Waals surface area contributed by atoms with Gasteiger partial charge >= 0.3 is 6.18 Å². The second kappa shape index (κ2) is 6.45. The monoisotopic (exact) mass is 241 g/mol. The molecule has 98 valence electrons. The Balaban J connectivity index is 3.76. The number of likely N-dealkylation sites (N-methyl/N-ethyl adjacent to an activating group) is 1. The lowest BCUT2D eigenvalue weighted by molar-refractivity contribution is -0.136. The Morgan fingerprint density at radius 2 is 1.75 bits per heavy atom. The molecule has 0 aromatic rings. The number of halogens is 3. The number of nitrogens with one attached hydrogen (secondary N) is 1. The van der Waals surface area contributed by atoms with E-state index in [1.807, 2.05) is 20.8 Å². The zero-order valence-corrected chi connectivity index (χ0v) is 10.4. The van der Waals surface area contributed by atoms with E-state index in [4.69, 9.17) is 4.74 Å². The van der Waals surface area contributed by atoms with Crippen molar-refractivity contribution < 1.29 is 17.9 Å². The number of hydrogen-bond donors (Lipinski definition) is 1. The first-order valence-electron chi connectivity index (χ1n) is 5.52. The molecule has 0 aliphatic rings. The molecule has 0 heterocycles. The SMILES string of the molecule is CNC(CCCC(F)(F)F)COC(C)(C)C. The molecule has 0 radical (unpaired) electrons. The van der Waals surface area contributed by atoms with Crippen LogP contribution < -0.4 is 5.32 Å². The first kappa shape index (κ1) is 15.7. The normalized spacial score (nSPS) is 15.2. The fourth-order valence-electron chi connectivity index (χ4n) is 1.21. The average molecular weight is 241 g/mol. The standard InChI is InChI=1S/C11H22F3NO/c1-10(2,3)16-8-9(15-4)6-5-7-11(12,13)14/h9,15H,5-8H2,1-4H3. The van der Waals surface area contributed by atoms with Crippen LogP contribution >= 0.6 is 0 Å². The molecule has 0 aliphatic carbocycles. The topological polar surface area (TPSA) is 21.3 Å². The largest absolute Gasteiger partial charge is 0.389 e. The van der Waals surface area contributed by atoms with Crippen molar-refractivity contribution >= 4 is 0 Å². The van der Waals surface area contributed by atoms with Crippen molar-refractivity contribution in [2.45, 2.75) is 57.9 Å². The number of rotatable bonds is 6. The van der Waals surface area contributed by atoms with Crippen LogP contribution in [0.1, 0.15) is 40.0 Å². The molecule has 1 atom stereocenters. The zero-order chi connectivity index (χ0) is 12.8. The molecule has 16 heavy (non-hydrogen) atoms. The predicted octanol–water partition coefficient (Wildman–Crippen LogP) is 3.12. The van der Waals surface area contributed by atoms with Crippen molar-refractivity contribution in [2.24, 2.45) is 0 Å². The fourth-order valence-corrected chi connectivity index (χ4v) is 1.21. The first-order valence-corrected chi connectivity index (χ1v) is 5.52. The third-order valence-electron chi connectivity index (χ3n) is 2.14. The maximum atomic E-state index is 11.9. The van der Waals surface area contributed by atoms with Crippen LogP contribution in [0.3, 0.4) is 0 Å². The Morgan fingerprint density at radius 3 is 2.12 bits per heavy atom. The van der Waals surface area contributed by atoms with Crippen LogP contribution in [0.15, 0.2) is 0 Å². The van der Waals surface area contributed by atoms with E-state index in [2.05, 4.69) is 5.32 Å². The van der Waals surface area contributed by atoms with Crippen molar-refractivity contribution in [3.63, 3.8) is 0 Å². The smallest absolute Gasteiger partial charge is 0.374 e. The summed E-state index contributed by atoms with van der Waals surface area (Å²) in [7, 11) is 1.74. The summed E-state index contributed by atoms with van der Waals surface area (Å²) in [6.07, 6.45) is -4.15. The summed E-state index contributed by atoms with van der Waals surface area (Å²) in [5.74, 6) is 0. The van der Waals surface area contributed by atoms with Gasteiger partial charge in [-0.2, -0.15) is 13.2 Å². The third kappa shape index (κ3) is 10.2. The molecule has 0 spiro atoms. The predicted molar refractivity (Wildman–Crippen MR) is 58.5 cm³/mol. The van der Waals surface area contributed by atoms with E-state index in [1.165, 1.54) is 0 Å². The Bertz CT molecular complexity index is 187. The Hall–Kier alpha value is -0.290. The molecular formula is C11H22F3NO. The summed E-state index contributed by atoms with van der Waals surface area (Å²) in [4.78, 5) is 0. The van der Waals surface area contributed by atoms with Crippen LogP contribution in [0.4, 0.5) is 13.2 Å². The molecule has 0 aliphatic heterocycles. The van der Waals surface area contributed by atoms with Gasteiger partial charge in [0, 0.05) is 12.5 Å². The molecule has 0 aromatic carbocycles. The van der Waals surface area contributed by atoms with E-state index in [0.717, 1.165) is 0 Å². The Morgan fingerprint density at radius 1 is 1.19 bits per heavy atom. The maximum Gasteiger partial charge on any atom is 0.389 e. The first-order chi connectivity index (χ1) is 7.14. The third-order valence-corrected chi connectivity index (χ3v) is 2.14. The molecule has 0 amide bonds. The lowest BCUT2D eigenvalue weighted by Gasteiger charge is -2.24. The quantitative estimate of drug-likeness (QED) is 0.771. The van der Waals surface area contributed by atoms with Crippen LogP contribution in [-0.2, 0) is 4.74 Å². The Kier molecular flexibility index (Phi) is 6.33. The van der Waals surface area contributed by atoms with Gasteiger partial charge < -0.3 is 10.1 Å². The molecule has 0 rings (SSSR count). The van der Waals surface area contributed by atoms with E-state index in [9.17, 15) is 13.2 Å². The second-order valence-corrected chi connectivity index (χ2v) is 4.92. The molecule has 2 nitrogen and oxygen atoms in total. The average Bonchev–Trinajstić information content (AvgIpc) is 2.07. The minimum atomic E-state index is -4.05. The van der Waals surface area contributed by atoms with Gasteiger partial charge in [0.25, 0.3) is 0 Å². The van der Waals surface area contributed by atoms with Gasteiger partial charge in [-0.15, -0.1) is 0 Å².